The zero-order chi connectivity index (χ0) is 15.3. The summed E-state index contributed by atoms with van der Waals surface area (Å²) in [4.78, 5) is 2.19. The van der Waals surface area contributed by atoms with Crippen molar-refractivity contribution >= 4 is 26.0 Å². The first-order valence-electron chi connectivity index (χ1n) is 7.09. The lowest BCUT2D eigenvalue weighted by atomic mass is 10.2. The normalized spacial score (nSPS) is 17.3. The molecule has 1 heterocycles. The lowest BCUT2D eigenvalue weighted by Crippen LogP contribution is -2.46. The van der Waals surface area contributed by atoms with Crippen LogP contribution in [0.3, 0.4) is 0 Å². The van der Waals surface area contributed by atoms with Gasteiger partial charge in [-0.15, -0.1) is 0 Å². The second-order valence-corrected chi connectivity index (χ2v) is 8.30. The third-order valence-electron chi connectivity index (χ3n) is 3.70. The van der Waals surface area contributed by atoms with E-state index >= 15 is 0 Å². The molecule has 0 radical (unpaired) electrons. The zero-order valence-corrected chi connectivity index (χ0v) is 14.7. The Labute approximate surface area is 135 Å². The summed E-state index contributed by atoms with van der Waals surface area (Å²) in [7, 11) is -1.58. The Kier molecular flexibility index (Phi) is 6.19. The summed E-state index contributed by atoms with van der Waals surface area (Å²) in [5.41, 5.74) is 0.978. The van der Waals surface area contributed by atoms with Gasteiger partial charge >= 0.3 is 0 Å². The summed E-state index contributed by atoms with van der Waals surface area (Å²) in [6, 6.07) is 7.71. The summed E-state index contributed by atoms with van der Waals surface area (Å²) < 4.78 is 27.1. The van der Waals surface area contributed by atoms with Gasteiger partial charge in [-0.1, -0.05) is 34.1 Å². The molecule has 1 aliphatic rings. The van der Waals surface area contributed by atoms with Gasteiger partial charge in [0.1, 0.15) is 0 Å². The maximum atomic E-state index is 12.4. The van der Waals surface area contributed by atoms with Crippen molar-refractivity contribution in [2.24, 2.45) is 0 Å². The molecule has 1 aromatic carbocycles. The van der Waals surface area contributed by atoms with E-state index in [1.165, 1.54) is 4.31 Å². The number of hydrogen-bond acceptors (Lipinski definition) is 4. The van der Waals surface area contributed by atoms with E-state index in [2.05, 4.69) is 26.1 Å². The SMILES string of the molecule is CN(Cc1ccccc1Br)S(=O)(=O)CCN1CCNCC1. The molecule has 21 heavy (non-hydrogen) atoms. The number of rotatable bonds is 6. The van der Waals surface area contributed by atoms with Crippen molar-refractivity contribution in [1.29, 1.82) is 0 Å². The van der Waals surface area contributed by atoms with Crippen LogP contribution < -0.4 is 5.32 Å². The monoisotopic (exact) mass is 375 g/mol. The van der Waals surface area contributed by atoms with Crippen LogP contribution in [0.1, 0.15) is 5.56 Å². The Morgan fingerprint density at radius 3 is 2.62 bits per heavy atom. The predicted octanol–water partition coefficient (Wildman–Crippen LogP) is 1.12. The third-order valence-corrected chi connectivity index (χ3v) is 6.25. The molecule has 0 amide bonds. The van der Waals surface area contributed by atoms with Gasteiger partial charge in [0, 0.05) is 50.8 Å². The molecule has 5 nitrogen and oxygen atoms in total. The van der Waals surface area contributed by atoms with Crippen molar-refractivity contribution in [3.05, 3.63) is 34.3 Å². The molecule has 1 aliphatic heterocycles. The molecule has 1 fully saturated rings. The van der Waals surface area contributed by atoms with Crippen molar-refractivity contribution < 1.29 is 8.42 Å². The number of hydrogen-bond donors (Lipinski definition) is 1. The minimum Gasteiger partial charge on any atom is -0.314 e. The van der Waals surface area contributed by atoms with Gasteiger partial charge < -0.3 is 5.32 Å². The molecule has 0 atom stereocenters. The average Bonchev–Trinajstić information content (AvgIpc) is 2.48. The van der Waals surface area contributed by atoms with Gasteiger partial charge in [0.15, 0.2) is 0 Å². The molecule has 1 saturated heterocycles. The Hall–Kier alpha value is -0.470. The van der Waals surface area contributed by atoms with Crippen molar-refractivity contribution in [3.8, 4) is 0 Å². The molecule has 0 aromatic heterocycles. The fourth-order valence-corrected chi connectivity index (χ4v) is 3.85. The van der Waals surface area contributed by atoms with Gasteiger partial charge in [-0.2, -0.15) is 0 Å². The van der Waals surface area contributed by atoms with Crippen molar-refractivity contribution in [2.45, 2.75) is 6.54 Å². The fourth-order valence-electron chi connectivity index (χ4n) is 2.30. The van der Waals surface area contributed by atoms with Gasteiger partial charge in [-0.05, 0) is 11.6 Å². The number of sulfonamides is 1. The van der Waals surface area contributed by atoms with Crippen LogP contribution >= 0.6 is 15.9 Å². The number of nitrogens with zero attached hydrogens (tertiary/aromatic N) is 2. The molecular formula is C14H22BrN3O2S. The molecule has 7 heteroatoms. The summed E-state index contributed by atoms with van der Waals surface area (Å²) in [5, 5.41) is 3.27. The molecular weight excluding hydrogens is 354 g/mol. The third kappa shape index (κ3) is 5.03. The first-order valence-corrected chi connectivity index (χ1v) is 9.50. The number of benzene rings is 1. The van der Waals surface area contributed by atoms with E-state index in [0.29, 0.717) is 13.1 Å². The van der Waals surface area contributed by atoms with Crippen LogP contribution in [-0.2, 0) is 16.6 Å². The number of piperazine rings is 1. The highest BCUT2D eigenvalue weighted by atomic mass is 79.9. The van der Waals surface area contributed by atoms with Gasteiger partial charge in [0.2, 0.25) is 10.0 Å². The number of nitrogens with one attached hydrogen (secondary N) is 1. The van der Waals surface area contributed by atoms with Gasteiger partial charge in [-0.3, -0.25) is 4.90 Å². The predicted molar refractivity (Wildman–Crippen MR) is 88.7 cm³/mol. The molecule has 118 valence electrons. The highest BCUT2D eigenvalue weighted by Crippen LogP contribution is 2.18. The van der Waals surface area contributed by atoms with Crippen LogP contribution in [-0.4, -0.2) is 63.1 Å². The Bertz CT molecular complexity index is 559. The highest BCUT2D eigenvalue weighted by molar-refractivity contribution is 9.10. The Balaban J connectivity index is 1.90. The van der Waals surface area contributed by atoms with Crippen LogP contribution in [0, 0.1) is 0 Å². The topological polar surface area (TPSA) is 52.7 Å². The average molecular weight is 376 g/mol. The Morgan fingerprint density at radius 2 is 1.95 bits per heavy atom. The smallest absolute Gasteiger partial charge is 0.215 e. The fraction of sp³-hybridized carbons (Fsp3) is 0.571. The highest BCUT2D eigenvalue weighted by Gasteiger charge is 2.20. The van der Waals surface area contributed by atoms with Crippen LogP contribution in [0.4, 0.5) is 0 Å². The van der Waals surface area contributed by atoms with Crippen LogP contribution in [0.15, 0.2) is 28.7 Å². The second kappa shape index (κ2) is 7.69. The summed E-state index contributed by atoms with van der Waals surface area (Å²) in [5.74, 6) is 0.175. The largest absolute Gasteiger partial charge is 0.314 e. The quantitative estimate of drug-likeness (QED) is 0.809. The van der Waals surface area contributed by atoms with Gasteiger partial charge in [-0.25, -0.2) is 12.7 Å². The lowest BCUT2D eigenvalue weighted by molar-refractivity contribution is 0.252. The van der Waals surface area contributed by atoms with Crippen molar-refractivity contribution in [1.82, 2.24) is 14.5 Å². The maximum absolute atomic E-state index is 12.4. The molecule has 0 unspecified atom stereocenters. The lowest BCUT2D eigenvalue weighted by Gasteiger charge is -2.27. The first-order chi connectivity index (χ1) is 9.99. The van der Waals surface area contributed by atoms with Crippen molar-refractivity contribution in [3.63, 3.8) is 0 Å². The summed E-state index contributed by atoms with van der Waals surface area (Å²) >= 11 is 3.46. The maximum Gasteiger partial charge on any atom is 0.215 e. The molecule has 2 rings (SSSR count). The Morgan fingerprint density at radius 1 is 1.29 bits per heavy atom. The van der Waals surface area contributed by atoms with E-state index in [1.807, 2.05) is 24.3 Å². The standard InChI is InChI=1S/C14H22BrN3O2S/c1-17(12-13-4-2-3-5-14(13)15)21(19,20)11-10-18-8-6-16-7-9-18/h2-5,16H,6-12H2,1H3. The molecule has 1 N–H and O–H groups in total. The molecule has 0 aliphatic carbocycles. The van der Waals surface area contributed by atoms with E-state index < -0.39 is 10.0 Å². The van der Waals surface area contributed by atoms with Gasteiger partial charge in [0.05, 0.1) is 5.75 Å². The van der Waals surface area contributed by atoms with E-state index in [9.17, 15) is 8.42 Å². The molecule has 1 aromatic rings. The molecule has 0 bridgehead atoms. The molecule has 0 spiro atoms. The van der Waals surface area contributed by atoms with Gasteiger partial charge in [0.25, 0.3) is 0 Å². The first kappa shape index (κ1) is 16.9. The van der Waals surface area contributed by atoms with Crippen molar-refractivity contribution in [2.75, 3.05) is 45.5 Å². The minimum atomic E-state index is -3.22. The molecule has 0 saturated carbocycles. The van der Waals surface area contributed by atoms with E-state index in [4.69, 9.17) is 0 Å². The van der Waals surface area contributed by atoms with Crippen LogP contribution in [0.2, 0.25) is 0 Å². The second-order valence-electron chi connectivity index (χ2n) is 5.26. The summed E-state index contributed by atoms with van der Waals surface area (Å²) in [6.07, 6.45) is 0. The van der Waals surface area contributed by atoms with E-state index in [1.54, 1.807) is 7.05 Å². The minimum absolute atomic E-state index is 0.175. The summed E-state index contributed by atoms with van der Waals surface area (Å²) in [6.45, 7) is 4.71. The van der Waals surface area contributed by atoms with Crippen LogP contribution in [0.25, 0.3) is 0 Å². The van der Waals surface area contributed by atoms with Crippen LogP contribution in [0.5, 0.6) is 0 Å². The zero-order valence-electron chi connectivity index (χ0n) is 12.3. The van der Waals surface area contributed by atoms with E-state index in [-0.39, 0.29) is 5.75 Å². The number of halogens is 1. The van der Waals surface area contributed by atoms with E-state index in [0.717, 1.165) is 36.2 Å².